The topological polar surface area (TPSA) is 92.2 Å². The van der Waals surface area contributed by atoms with Crippen molar-refractivity contribution >= 4 is 0 Å². The van der Waals surface area contributed by atoms with Crippen LogP contribution in [0.4, 0.5) is 0 Å². The van der Waals surface area contributed by atoms with Gasteiger partial charge in [-0.25, -0.2) is 12.6 Å². The first-order valence-corrected chi connectivity index (χ1v) is 4.17. The molecule has 0 radical (unpaired) electrons. The molecular formula is C8H16O4Ti. The van der Waals surface area contributed by atoms with Gasteiger partial charge in [0.25, 0.3) is 0 Å². The zero-order chi connectivity index (χ0) is 9.98. The van der Waals surface area contributed by atoms with Gasteiger partial charge in [-0.1, -0.05) is 39.5 Å². The van der Waals surface area contributed by atoms with Crippen LogP contribution < -0.4 is 20.4 Å². The summed E-state index contributed by atoms with van der Waals surface area (Å²) in [5.74, 6) is 0. The van der Waals surface area contributed by atoms with E-state index in [9.17, 15) is 20.4 Å². The Kier molecular flexibility index (Phi) is 22.2. The molecule has 0 aromatic heterocycles. The second-order valence-electron chi connectivity index (χ2n) is 2.44. The molecule has 0 spiro atoms. The summed E-state index contributed by atoms with van der Waals surface area (Å²) in [6.07, 6.45) is -1.26. The summed E-state index contributed by atoms with van der Waals surface area (Å²) in [6, 6.07) is 0. The summed E-state index contributed by atoms with van der Waals surface area (Å²) in [5, 5.41) is 38.3. The Morgan fingerprint density at radius 3 is 1.00 bits per heavy atom. The van der Waals surface area contributed by atoms with Crippen LogP contribution in [0.1, 0.15) is 39.5 Å². The zero-order valence-electron chi connectivity index (χ0n) is 8.12. The van der Waals surface area contributed by atoms with Crippen LogP contribution >= 0.6 is 0 Å². The van der Waals surface area contributed by atoms with E-state index < -0.39 is 12.6 Å². The van der Waals surface area contributed by atoms with Gasteiger partial charge in [-0.15, -0.1) is 0 Å². The first-order chi connectivity index (χ1) is 5.54. The molecule has 0 aliphatic heterocycles. The molecule has 0 atom stereocenters. The van der Waals surface area contributed by atoms with Crippen LogP contribution in [0.15, 0.2) is 0 Å². The summed E-state index contributed by atoms with van der Waals surface area (Å²) >= 11 is 0. The van der Waals surface area contributed by atoms with Crippen molar-refractivity contribution < 1.29 is 42.1 Å². The molecule has 0 aromatic carbocycles. The fourth-order valence-corrected chi connectivity index (χ4v) is 0.471. The standard InChI is InChI=1S/2C4H8O2.Ti/c2*1-2-3-4(5)6;/h2*4H,2-3H2,1H3;/q2*-2;+4. The maximum absolute atomic E-state index is 9.57. The first kappa shape index (κ1) is 19.2. The molecule has 0 aliphatic carbocycles. The fourth-order valence-electron chi connectivity index (χ4n) is 0.471. The summed E-state index contributed by atoms with van der Waals surface area (Å²) < 4.78 is 0. The maximum Gasteiger partial charge on any atom is 4.00 e. The van der Waals surface area contributed by atoms with Crippen molar-refractivity contribution in [3.05, 3.63) is 0 Å². The van der Waals surface area contributed by atoms with Gasteiger partial charge in [0, 0.05) is 0 Å². The molecule has 0 fully saturated rings. The Hall–Kier alpha value is 0.554. The second-order valence-corrected chi connectivity index (χ2v) is 2.44. The second kappa shape index (κ2) is 15.0. The molecule has 0 aromatic rings. The summed E-state index contributed by atoms with van der Waals surface area (Å²) in [5.41, 5.74) is 0. The van der Waals surface area contributed by atoms with Gasteiger partial charge < -0.3 is 20.4 Å². The molecular weight excluding hydrogens is 208 g/mol. The van der Waals surface area contributed by atoms with Crippen LogP contribution in [0.2, 0.25) is 0 Å². The van der Waals surface area contributed by atoms with Crippen molar-refractivity contribution in [2.45, 2.75) is 52.1 Å². The SMILES string of the molecule is CCCC([O-])[O-].CCCC([O-])[O-].[Ti+4]. The van der Waals surface area contributed by atoms with Crippen molar-refractivity contribution in [2.75, 3.05) is 0 Å². The number of hydrogen-bond acceptors (Lipinski definition) is 4. The van der Waals surface area contributed by atoms with Crippen LogP contribution in [-0.2, 0) is 21.7 Å². The van der Waals surface area contributed by atoms with E-state index >= 15 is 0 Å². The predicted octanol–water partition coefficient (Wildman–Crippen LogP) is -2.34. The van der Waals surface area contributed by atoms with Gasteiger partial charge in [0.15, 0.2) is 0 Å². The van der Waals surface area contributed by atoms with Gasteiger partial charge in [0.1, 0.15) is 0 Å². The Morgan fingerprint density at radius 1 is 0.769 bits per heavy atom. The first-order valence-electron chi connectivity index (χ1n) is 4.17. The van der Waals surface area contributed by atoms with E-state index in [1.54, 1.807) is 0 Å². The molecule has 0 amide bonds. The molecule has 13 heavy (non-hydrogen) atoms. The minimum Gasteiger partial charge on any atom is -0.865 e. The third kappa shape index (κ3) is 32.6. The van der Waals surface area contributed by atoms with Crippen molar-refractivity contribution in [1.82, 2.24) is 0 Å². The van der Waals surface area contributed by atoms with Crippen molar-refractivity contribution in [1.29, 1.82) is 0 Å². The molecule has 0 saturated carbocycles. The van der Waals surface area contributed by atoms with E-state index in [1.807, 2.05) is 13.8 Å². The Bertz CT molecular complexity index is 68.5. The maximum atomic E-state index is 9.57. The van der Waals surface area contributed by atoms with Gasteiger partial charge in [-0.2, -0.15) is 0 Å². The molecule has 0 rings (SSSR count). The average Bonchev–Trinajstić information content (AvgIpc) is 1.87. The van der Waals surface area contributed by atoms with Crippen molar-refractivity contribution in [2.24, 2.45) is 0 Å². The average molecular weight is 224 g/mol. The van der Waals surface area contributed by atoms with E-state index in [0.29, 0.717) is 12.8 Å². The van der Waals surface area contributed by atoms with E-state index in [0.717, 1.165) is 0 Å². The molecule has 76 valence electrons. The largest absolute Gasteiger partial charge is 4.00 e. The van der Waals surface area contributed by atoms with Crippen molar-refractivity contribution in [3.63, 3.8) is 0 Å². The Balaban J connectivity index is -0.000000143. The van der Waals surface area contributed by atoms with E-state index in [4.69, 9.17) is 0 Å². The number of hydrogen-bond donors (Lipinski definition) is 0. The minimum absolute atomic E-state index is 0. The molecule has 0 heterocycles. The van der Waals surface area contributed by atoms with Crippen LogP contribution in [0, 0.1) is 0 Å². The molecule has 0 N–H and O–H groups in total. The summed E-state index contributed by atoms with van der Waals surface area (Å²) in [7, 11) is 0. The van der Waals surface area contributed by atoms with Crippen LogP contribution in [0.25, 0.3) is 0 Å². The smallest absolute Gasteiger partial charge is 0.865 e. The monoisotopic (exact) mass is 224 g/mol. The third-order valence-electron chi connectivity index (χ3n) is 1.05. The predicted molar refractivity (Wildman–Crippen MR) is 37.4 cm³/mol. The molecule has 5 heteroatoms. The quantitative estimate of drug-likeness (QED) is 0.395. The fraction of sp³-hybridized carbons (Fsp3) is 1.00. The summed E-state index contributed by atoms with van der Waals surface area (Å²) in [6.45, 7) is 3.64. The van der Waals surface area contributed by atoms with E-state index in [1.165, 1.54) is 0 Å². The molecule has 0 aliphatic rings. The Morgan fingerprint density at radius 2 is 1.00 bits per heavy atom. The summed E-state index contributed by atoms with van der Waals surface area (Å²) in [4.78, 5) is 0. The molecule has 0 saturated heterocycles. The van der Waals surface area contributed by atoms with Gasteiger partial charge in [0.2, 0.25) is 0 Å². The van der Waals surface area contributed by atoms with Gasteiger partial charge in [-0.05, 0) is 0 Å². The van der Waals surface area contributed by atoms with Crippen LogP contribution in [-0.4, -0.2) is 12.6 Å². The van der Waals surface area contributed by atoms with Gasteiger partial charge in [-0.3, -0.25) is 0 Å². The van der Waals surface area contributed by atoms with E-state index in [-0.39, 0.29) is 34.6 Å². The molecule has 4 nitrogen and oxygen atoms in total. The van der Waals surface area contributed by atoms with Crippen LogP contribution in [0.5, 0.6) is 0 Å². The normalized spacial score (nSPS) is 9.23. The van der Waals surface area contributed by atoms with E-state index in [2.05, 4.69) is 0 Å². The third-order valence-corrected chi connectivity index (χ3v) is 1.05. The van der Waals surface area contributed by atoms with Crippen molar-refractivity contribution in [3.8, 4) is 0 Å². The minimum atomic E-state index is -1.60. The number of rotatable bonds is 4. The Labute approximate surface area is 94.5 Å². The molecule has 0 bridgehead atoms. The zero-order valence-corrected chi connectivity index (χ0v) is 9.68. The van der Waals surface area contributed by atoms with Gasteiger partial charge in [0.05, 0.1) is 0 Å². The van der Waals surface area contributed by atoms with Gasteiger partial charge >= 0.3 is 21.7 Å². The van der Waals surface area contributed by atoms with Crippen LogP contribution in [0.3, 0.4) is 0 Å². The molecule has 0 unspecified atom stereocenters.